The molecule has 5 heteroatoms. The monoisotopic (exact) mass is 393 g/mol. The van der Waals surface area contributed by atoms with E-state index >= 15 is 0 Å². The van der Waals surface area contributed by atoms with Crippen LogP contribution in [0.1, 0.15) is 59.3 Å². The second kappa shape index (κ2) is 8.29. The van der Waals surface area contributed by atoms with Gasteiger partial charge in [0.25, 0.3) is 0 Å². The second-order valence-corrected chi connectivity index (χ2v) is 10.1. The normalized spacial score (nSPS) is 28.9. The fraction of sp³-hybridized carbons (Fsp3) is 0.739. The number of hydrogen-bond donors (Lipinski definition) is 2. The lowest BCUT2D eigenvalue weighted by molar-refractivity contribution is -0.0846. The van der Waals surface area contributed by atoms with E-state index in [0.717, 1.165) is 38.8 Å². The van der Waals surface area contributed by atoms with Crippen molar-refractivity contribution in [2.75, 3.05) is 26.2 Å². The maximum Gasteiger partial charge on any atom is 0.165 e. The smallest absolute Gasteiger partial charge is 0.165 e. The van der Waals surface area contributed by atoms with Crippen molar-refractivity contribution < 1.29 is 19.3 Å². The molecule has 1 saturated heterocycles. The van der Waals surface area contributed by atoms with E-state index in [2.05, 4.69) is 25.7 Å². The molecule has 3 rings (SSSR count). The minimum atomic E-state index is -0.939. The summed E-state index contributed by atoms with van der Waals surface area (Å²) in [4.78, 5) is 2.26. The predicted octanol–water partition coefficient (Wildman–Crippen LogP) is 4.00. The highest BCUT2D eigenvalue weighted by Crippen LogP contribution is 2.42. The summed E-state index contributed by atoms with van der Waals surface area (Å²) in [6.07, 6.45) is 5.00. The first-order valence-electron chi connectivity index (χ1n) is 10.6. The van der Waals surface area contributed by atoms with Crippen LogP contribution in [-0.2, 0) is 0 Å². The van der Waals surface area contributed by atoms with E-state index in [0.29, 0.717) is 30.7 Å². The molecule has 2 fully saturated rings. The van der Waals surface area contributed by atoms with Gasteiger partial charge in [0.1, 0.15) is 12.2 Å². The molecule has 1 saturated carbocycles. The fourth-order valence-corrected chi connectivity index (χ4v) is 4.64. The molecule has 4 nitrogen and oxygen atoms in total. The lowest BCUT2D eigenvalue weighted by atomic mass is 9.68. The summed E-state index contributed by atoms with van der Waals surface area (Å²) in [5.74, 6) is 0.453. The highest BCUT2D eigenvalue weighted by molar-refractivity contribution is 5.23. The highest BCUT2D eigenvalue weighted by Gasteiger charge is 2.40. The first-order valence-corrected chi connectivity index (χ1v) is 10.6. The Hall–Kier alpha value is -1.17. The van der Waals surface area contributed by atoms with Crippen LogP contribution in [-0.4, -0.2) is 52.6 Å². The van der Waals surface area contributed by atoms with Gasteiger partial charge in [-0.3, -0.25) is 0 Å². The molecule has 0 amide bonds. The molecule has 0 aromatic heterocycles. The quantitative estimate of drug-likeness (QED) is 0.794. The Labute approximate surface area is 168 Å². The number of nitrogens with zero attached hydrogens (tertiary/aromatic N) is 1. The number of likely N-dealkylation sites (tertiary alicyclic amines) is 1. The molecule has 0 atom stereocenters. The maximum atomic E-state index is 13.7. The number of aliphatic hydroxyl groups is 2. The number of rotatable bonds is 5. The van der Waals surface area contributed by atoms with Gasteiger partial charge >= 0.3 is 0 Å². The summed E-state index contributed by atoms with van der Waals surface area (Å²) in [6, 6.07) is 6.28. The maximum absolute atomic E-state index is 13.7. The molecule has 2 N–H and O–H groups in total. The Morgan fingerprint density at radius 1 is 1.04 bits per heavy atom. The zero-order valence-electron chi connectivity index (χ0n) is 17.6. The Bertz CT molecular complexity index is 641. The van der Waals surface area contributed by atoms with Gasteiger partial charge < -0.3 is 19.8 Å². The van der Waals surface area contributed by atoms with E-state index in [1.54, 1.807) is 18.2 Å². The van der Waals surface area contributed by atoms with Crippen LogP contribution in [0, 0.1) is 17.2 Å². The molecule has 1 aromatic carbocycles. The molecule has 28 heavy (non-hydrogen) atoms. The number of ether oxygens (including phenoxy) is 1. The van der Waals surface area contributed by atoms with Crippen LogP contribution in [0.25, 0.3) is 0 Å². The van der Waals surface area contributed by atoms with Gasteiger partial charge in [-0.2, -0.15) is 0 Å². The molecule has 1 aliphatic carbocycles. The highest BCUT2D eigenvalue weighted by atomic mass is 19.1. The Balaban J connectivity index is 1.45. The SMILES string of the molecule is CC(C)(C)C1CCC(O)(CN2CCC(O)(COc3ccccc3F)CC2)CC1. The van der Waals surface area contributed by atoms with Crippen molar-refractivity contribution in [2.24, 2.45) is 11.3 Å². The van der Waals surface area contributed by atoms with Gasteiger partial charge in [0.2, 0.25) is 0 Å². The van der Waals surface area contributed by atoms with Gasteiger partial charge in [-0.05, 0) is 62.0 Å². The largest absolute Gasteiger partial charge is 0.488 e. The van der Waals surface area contributed by atoms with E-state index in [1.807, 2.05) is 0 Å². The topological polar surface area (TPSA) is 52.9 Å². The van der Waals surface area contributed by atoms with Crippen LogP contribution in [0.2, 0.25) is 0 Å². The number of para-hydroxylation sites is 1. The summed E-state index contributed by atoms with van der Waals surface area (Å²) < 4.78 is 19.2. The molecule has 158 valence electrons. The van der Waals surface area contributed by atoms with Crippen molar-refractivity contribution in [1.29, 1.82) is 0 Å². The standard InChI is InChI=1S/C23H36FNO3/c1-21(2,3)18-8-10-22(26,11-9-18)16-25-14-12-23(27,13-15-25)17-28-20-7-5-4-6-19(20)24/h4-7,18,26-27H,8-17H2,1-3H3. The third-order valence-electron chi connectivity index (χ3n) is 6.78. The van der Waals surface area contributed by atoms with Crippen LogP contribution >= 0.6 is 0 Å². The zero-order chi connectivity index (χ0) is 20.4. The third kappa shape index (κ3) is 5.46. The number of β-amino-alcohol motifs (C(OH)–C–C–N with tert-alkyl or cyclic N) is 1. The van der Waals surface area contributed by atoms with Crippen LogP contribution < -0.4 is 4.74 Å². The average molecular weight is 394 g/mol. The third-order valence-corrected chi connectivity index (χ3v) is 6.78. The molecule has 0 bridgehead atoms. The van der Waals surface area contributed by atoms with Crippen molar-refractivity contribution in [1.82, 2.24) is 4.90 Å². The summed E-state index contributed by atoms with van der Waals surface area (Å²) in [7, 11) is 0. The molecule has 1 aromatic rings. The van der Waals surface area contributed by atoms with Crippen LogP contribution in [0.15, 0.2) is 24.3 Å². The van der Waals surface area contributed by atoms with Crippen molar-refractivity contribution >= 4 is 0 Å². The van der Waals surface area contributed by atoms with Gasteiger partial charge in [0, 0.05) is 19.6 Å². The van der Waals surface area contributed by atoms with Crippen molar-refractivity contribution in [3.8, 4) is 5.75 Å². The molecule has 0 radical (unpaired) electrons. The zero-order valence-corrected chi connectivity index (χ0v) is 17.6. The van der Waals surface area contributed by atoms with Crippen molar-refractivity contribution in [3.63, 3.8) is 0 Å². The molecular formula is C23H36FNO3. The van der Waals surface area contributed by atoms with Gasteiger partial charge in [-0.25, -0.2) is 4.39 Å². The fourth-order valence-electron chi connectivity index (χ4n) is 4.64. The number of piperidine rings is 1. The molecule has 0 spiro atoms. The lowest BCUT2D eigenvalue weighted by Gasteiger charge is -2.45. The van der Waals surface area contributed by atoms with Gasteiger partial charge in [-0.1, -0.05) is 32.9 Å². The summed E-state index contributed by atoms with van der Waals surface area (Å²) >= 11 is 0. The Morgan fingerprint density at radius 2 is 1.64 bits per heavy atom. The van der Waals surface area contributed by atoms with Crippen LogP contribution in [0.5, 0.6) is 5.75 Å². The summed E-state index contributed by atoms with van der Waals surface area (Å²) in [6.45, 7) is 9.09. The van der Waals surface area contributed by atoms with Crippen LogP contribution in [0.4, 0.5) is 4.39 Å². The van der Waals surface area contributed by atoms with Crippen molar-refractivity contribution in [2.45, 2.75) is 70.5 Å². The van der Waals surface area contributed by atoms with E-state index < -0.39 is 17.0 Å². The number of halogens is 1. The first kappa shape index (κ1) is 21.5. The van der Waals surface area contributed by atoms with Crippen molar-refractivity contribution in [3.05, 3.63) is 30.1 Å². The summed E-state index contributed by atoms with van der Waals surface area (Å²) in [5.41, 5.74) is -1.24. The van der Waals surface area contributed by atoms with Gasteiger partial charge in [0.05, 0.1) is 5.60 Å². The lowest BCUT2D eigenvalue weighted by Crippen LogP contribution is -2.53. The molecule has 1 heterocycles. The minimum absolute atomic E-state index is 0.0965. The second-order valence-electron chi connectivity index (χ2n) is 10.1. The number of hydrogen-bond acceptors (Lipinski definition) is 4. The first-order chi connectivity index (χ1) is 13.1. The van der Waals surface area contributed by atoms with Crippen LogP contribution in [0.3, 0.4) is 0 Å². The van der Waals surface area contributed by atoms with E-state index in [-0.39, 0.29) is 12.4 Å². The Kier molecular flexibility index (Phi) is 6.38. The van der Waals surface area contributed by atoms with E-state index in [4.69, 9.17) is 4.74 Å². The molecule has 2 aliphatic rings. The predicted molar refractivity (Wildman–Crippen MR) is 109 cm³/mol. The average Bonchev–Trinajstić information content (AvgIpc) is 2.63. The minimum Gasteiger partial charge on any atom is -0.488 e. The molecular weight excluding hydrogens is 357 g/mol. The molecule has 0 unspecified atom stereocenters. The number of benzene rings is 1. The van der Waals surface area contributed by atoms with Gasteiger partial charge in [0.15, 0.2) is 11.6 Å². The Morgan fingerprint density at radius 3 is 2.21 bits per heavy atom. The van der Waals surface area contributed by atoms with E-state index in [1.165, 1.54) is 6.07 Å². The molecule has 1 aliphatic heterocycles. The van der Waals surface area contributed by atoms with Gasteiger partial charge in [-0.15, -0.1) is 0 Å². The van der Waals surface area contributed by atoms with E-state index in [9.17, 15) is 14.6 Å². The summed E-state index contributed by atoms with van der Waals surface area (Å²) in [5, 5.41) is 21.8.